The maximum absolute atomic E-state index is 13.7. The quantitative estimate of drug-likeness (QED) is 0.827. The van der Waals surface area contributed by atoms with E-state index in [1.54, 1.807) is 6.92 Å². The minimum atomic E-state index is -3.95. The van der Waals surface area contributed by atoms with Gasteiger partial charge in [0.25, 0.3) is 0 Å². The number of aryl methyl sites for hydroxylation is 1. The summed E-state index contributed by atoms with van der Waals surface area (Å²) in [6.07, 6.45) is -0.785. The van der Waals surface area contributed by atoms with Gasteiger partial charge in [-0.15, -0.1) is 0 Å². The minimum Gasteiger partial charge on any atom is -0.390 e. The van der Waals surface area contributed by atoms with Crippen LogP contribution in [0.4, 0.5) is 4.39 Å². The number of sulfonamides is 1. The Balaban J connectivity index is 2.39. The summed E-state index contributed by atoms with van der Waals surface area (Å²) in [5, 5.41) is 12.6. The van der Waals surface area contributed by atoms with Crippen LogP contribution in [0.3, 0.4) is 0 Å². The molecule has 0 aliphatic carbocycles. The molecule has 1 aliphatic heterocycles. The third kappa shape index (κ3) is 2.64. The van der Waals surface area contributed by atoms with Crippen molar-refractivity contribution in [1.82, 2.24) is 9.62 Å². The van der Waals surface area contributed by atoms with Crippen molar-refractivity contribution in [2.45, 2.75) is 24.0 Å². The van der Waals surface area contributed by atoms with Crippen LogP contribution in [-0.4, -0.2) is 50.1 Å². The number of β-amino-alcohol motifs (C(OH)–C–C–N with tert-alkyl or cyclic N) is 1. The Morgan fingerprint density at radius 2 is 2.11 bits per heavy atom. The molecule has 2 atom stereocenters. The van der Waals surface area contributed by atoms with E-state index in [1.807, 2.05) is 0 Å². The Morgan fingerprint density at radius 1 is 1.42 bits per heavy atom. The van der Waals surface area contributed by atoms with E-state index < -0.39 is 28.0 Å². The fourth-order valence-corrected chi connectivity index (χ4v) is 3.69. The number of likely N-dealkylation sites (N-methyl/N-ethyl adjacent to an activating group) is 1. The molecule has 0 saturated carbocycles. The minimum absolute atomic E-state index is 0.334. The van der Waals surface area contributed by atoms with Crippen molar-refractivity contribution in [3.63, 3.8) is 0 Å². The summed E-state index contributed by atoms with van der Waals surface area (Å²) in [5.74, 6) is -0.780. The summed E-state index contributed by atoms with van der Waals surface area (Å²) >= 11 is 0. The van der Waals surface area contributed by atoms with Crippen LogP contribution in [0.1, 0.15) is 5.56 Å². The Labute approximate surface area is 112 Å². The van der Waals surface area contributed by atoms with E-state index in [0.29, 0.717) is 18.7 Å². The molecular weight excluding hydrogens is 271 g/mol. The highest BCUT2D eigenvalue weighted by Crippen LogP contribution is 2.23. The first-order valence-electron chi connectivity index (χ1n) is 5.97. The van der Waals surface area contributed by atoms with Crippen LogP contribution in [0, 0.1) is 12.7 Å². The van der Waals surface area contributed by atoms with Crippen molar-refractivity contribution in [3.05, 3.63) is 29.6 Å². The van der Waals surface area contributed by atoms with Gasteiger partial charge in [0.15, 0.2) is 0 Å². The number of benzene rings is 1. The van der Waals surface area contributed by atoms with Gasteiger partial charge in [-0.3, -0.25) is 0 Å². The van der Waals surface area contributed by atoms with E-state index in [4.69, 9.17) is 0 Å². The van der Waals surface area contributed by atoms with Gasteiger partial charge in [-0.1, -0.05) is 6.07 Å². The molecule has 5 nitrogen and oxygen atoms in total. The predicted molar refractivity (Wildman–Crippen MR) is 68.8 cm³/mol. The van der Waals surface area contributed by atoms with Gasteiger partial charge in [0.2, 0.25) is 10.0 Å². The fraction of sp³-hybridized carbons (Fsp3) is 0.500. The summed E-state index contributed by atoms with van der Waals surface area (Å²) in [6.45, 7) is 2.38. The number of hydrogen-bond donors (Lipinski definition) is 2. The molecule has 1 aromatic rings. The molecule has 1 fully saturated rings. The molecule has 0 radical (unpaired) electrons. The normalized spacial score (nSPS) is 24.1. The van der Waals surface area contributed by atoms with Gasteiger partial charge < -0.3 is 10.4 Å². The largest absolute Gasteiger partial charge is 0.390 e. The molecule has 1 aromatic carbocycles. The van der Waals surface area contributed by atoms with Crippen molar-refractivity contribution < 1.29 is 17.9 Å². The standard InChI is InChI=1S/C12H17FN2O3S/c1-8-3-4-9(13)12(5-8)19(17,18)15(2)10-6-14-7-11(10)16/h3-5,10-11,14,16H,6-7H2,1-2H3/t10-,11-/m0/s1. The van der Waals surface area contributed by atoms with Crippen LogP contribution in [0.2, 0.25) is 0 Å². The molecule has 1 aliphatic rings. The van der Waals surface area contributed by atoms with Crippen molar-refractivity contribution in [2.75, 3.05) is 20.1 Å². The Hall–Kier alpha value is -1.02. The lowest BCUT2D eigenvalue weighted by atomic mass is 10.2. The van der Waals surface area contributed by atoms with Crippen LogP contribution < -0.4 is 5.32 Å². The fourth-order valence-electron chi connectivity index (χ4n) is 2.16. The van der Waals surface area contributed by atoms with Crippen LogP contribution in [0.5, 0.6) is 0 Å². The molecule has 1 saturated heterocycles. The average Bonchev–Trinajstić information content (AvgIpc) is 2.77. The van der Waals surface area contributed by atoms with Gasteiger partial charge in [0, 0.05) is 20.1 Å². The SMILES string of the molecule is Cc1ccc(F)c(S(=O)(=O)N(C)[C@H]2CNC[C@@H]2O)c1. The van der Waals surface area contributed by atoms with Crippen molar-refractivity contribution in [2.24, 2.45) is 0 Å². The molecule has 0 spiro atoms. The topological polar surface area (TPSA) is 69.6 Å². The number of nitrogens with zero attached hydrogens (tertiary/aromatic N) is 1. The summed E-state index contributed by atoms with van der Waals surface area (Å²) in [6, 6.07) is 3.38. The highest BCUT2D eigenvalue weighted by molar-refractivity contribution is 7.89. The lowest BCUT2D eigenvalue weighted by Crippen LogP contribution is -2.44. The maximum Gasteiger partial charge on any atom is 0.246 e. The highest BCUT2D eigenvalue weighted by Gasteiger charge is 2.36. The Kier molecular flexibility index (Phi) is 3.91. The lowest BCUT2D eigenvalue weighted by Gasteiger charge is -2.25. The summed E-state index contributed by atoms with van der Waals surface area (Å²) in [5.41, 5.74) is 0.665. The lowest BCUT2D eigenvalue weighted by molar-refractivity contribution is 0.136. The molecule has 0 aromatic heterocycles. The molecule has 2 N–H and O–H groups in total. The molecule has 19 heavy (non-hydrogen) atoms. The first-order valence-corrected chi connectivity index (χ1v) is 7.41. The summed E-state index contributed by atoms with van der Waals surface area (Å²) in [7, 11) is -2.59. The molecule has 1 heterocycles. The van der Waals surface area contributed by atoms with E-state index in [9.17, 15) is 17.9 Å². The number of hydrogen-bond acceptors (Lipinski definition) is 4. The molecule has 0 bridgehead atoms. The van der Waals surface area contributed by atoms with Gasteiger partial charge in [-0.2, -0.15) is 4.31 Å². The van der Waals surface area contributed by atoms with Crippen LogP contribution in [0.15, 0.2) is 23.1 Å². The number of nitrogens with one attached hydrogen (secondary N) is 1. The third-order valence-electron chi connectivity index (χ3n) is 3.36. The number of rotatable bonds is 3. The Bertz CT molecular complexity index is 576. The molecule has 2 rings (SSSR count). The van der Waals surface area contributed by atoms with Crippen molar-refractivity contribution in [1.29, 1.82) is 0 Å². The van der Waals surface area contributed by atoms with Crippen LogP contribution in [-0.2, 0) is 10.0 Å². The second-order valence-electron chi connectivity index (χ2n) is 4.75. The van der Waals surface area contributed by atoms with E-state index in [1.165, 1.54) is 19.2 Å². The number of aliphatic hydroxyl groups is 1. The molecule has 0 unspecified atom stereocenters. The zero-order valence-corrected chi connectivity index (χ0v) is 11.6. The van der Waals surface area contributed by atoms with Crippen molar-refractivity contribution in [3.8, 4) is 0 Å². The van der Waals surface area contributed by atoms with Gasteiger partial charge in [0.05, 0.1) is 12.1 Å². The number of aliphatic hydroxyl groups excluding tert-OH is 1. The second-order valence-corrected chi connectivity index (χ2v) is 6.71. The monoisotopic (exact) mass is 288 g/mol. The zero-order valence-electron chi connectivity index (χ0n) is 10.8. The summed E-state index contributed by atoms with van der Waals surface area (Å²) < 4.78 is 39.5. The van der Waals surface area contributed by atoms with E-state index in [0.717, 1.165) is 10.4 Å². The first kappa shape index (κ1) is 14.4. The van der Waals surface area contributed by atoms with Gasteiger partial charge in [-0.05, 0) is 24.6 Å². The van der Waals surface area contributed by atoms with Gasteiger partial charge in [-0.25, -0.2) is 12.8 Å². The maximum atomic E-state index is 13.7. The second kappa shape index (κ2) is 5.16. The molecule has 0 amide bonds. The zero-order chi connectivity index (χ0) is 14.2. The Morgan fingerprint density at radius 3 is 2.68 bits per heavy atom. The van der Waals surface area contributed by atoms with Crippen LogP contribution in [0.25, 0.3) is 0 Å². The molecule has 106 valence electrons. The number of halogens is 1. The molecular formula is C12H17FN2O3S. The van der Waals surface area contributed by atoms with Gasteiger partial charge >= 0.3 is 0 Å². The van der Waals surface area contributed by atoms with Gasteiger partial charge in [0.1, 0.15) is 10.7 Å². The first-order chi connectivity index (χ1) is 8.84. The molecule has 7 heteroatoms. The van der Waals surface area contributed by atoms with Crippen LogP contribution >= 0.6 is 0 Å². The smallest absolute Gasteiger partial charge is 0.246 e. The summed E-state index contributed by atoms with van der Waals surface area (Å²) in [4.78, 5) is -0.353. The van der Waals surface area contributed by atoms with E-state index >= 15 is 0 Å². The third-order valence-corrected chi connectivity index (χ3v) is 5.26. The van der Waals surface area contributed by atoms with E-state index in [-0.39, 0.29) is 4.90 Å². The van der Waals surface area contributed by atoms with Crippen molar-refractivity contribution >= 4 is 10.0 Å². The highest BCUT2D eigenvalue weighted by atomic mass is 32.2. The predicted octanol–water partition coefficient (Wildman–Crippen LogP) is 0.0873. The van der Waals surface area contributed by atoms with E-state index in [2.05, 4.69) is 5.32 Å². The average molecular weight is 288 g/mol.